The van der Waals surface area contributed by atoms with Crippen LogP contribution in [0.5, 0.6) is 0 Å². The molecule has 0 aliphatic carbocycles. The number of aromatic nitrogens is 4. The van der Waals surface area contributed by atoms with Crippen LogP contribution in [0.15, 0.2) is 185 Å². The Bertz CT molecular complexity index is 3040. The van der Waals surface area contributed by atoms with Gasteiger partial charge in [-0.25, -0.2) is 19.9 Å². The highest BCUT2D eigenvalue weighted by molar-refractivity contribution is 6.09. The Labute approximate surface area is 314 Å². The van der Waals surface area contributed by atoms with Crippen LogP contribution in [-0.2, 0) is 0 Å². The molecule has 0 N–H and O–H groups in total. The van der Waals surface area contributed by atoms with Crippen LogP contribution in [0.3, 0.4) is 0 Å². The van der Waals surface area contributed by atoms with Gasteiger partial charge in [-0.3, -0.25) is 0 Å². The van der Waals surface area contributed by atoms with Gasteiger partial charge in [0.25, 0.3) is 0 Å². The first-order valence-electron chi connectivity index (χ1n) is 18.1. The highest BCUT2D eigenvalue weighted by atomic mass is 16.4. The first kappa shape index (κ1) is 30.9. The van der Waals surface area contributed by atoms with E-state index in [1.807, 2.05) is 79.0 Å². The fourth-order valence-corrected chi connectivity index (χ4v) is 7.39. The number of hydrogen-bond donors (Lipinski definition) is 0. The van der Waals surface area contributed by atoms with Crippen LogP contribution in [0, 0.1) is 0 Å². The molecule has 0 saturated heterocycles. The average molecular weight is 708 g/mol. The van der Waals surface area contributed by atoms with E-state index in [0.29, 0.717) is 11.8 Å². The molecule has 0 radical (unpaired) electrons. The fraction of sp³-hybridized carbons (Fsp3) is 0. The molecule has 3 heterocycles. The van der Waals surface area contributed by atoms with E-state index in [0.717, 1.165) is 83.5 Å². The first-order valence-corrected chi connectivity index (χ1v) is 18.1. The van der Waals surface area contributed by atoms with Gasteiger partial charge in [-0.1, -0.05) is 72.8 Å². The Balaban J connectivity index is 0.984. The maximum absolute atomic E-state index is 6.09. The zero-order valence-electron chi connectivity index (χ0n) is 29.3. The third kappa shape index (κ3) is 5.45. The number of fused-ring (bicyclic) bond motifs is 6. The number of hydrogen-bond acceptors (Lipinski definition) is 7. The van der Waals surface area contributed by atoms with Gasteiger partial charge in [-0.15, -0.1) is 0 Å². The number of benzene rings is 8. The van der Waals surface area contributed by atoms with Gasteiger partial charge in [0.15, 0.2) is 17.0 Å². The summed E-state index contributed by atoms with van der Waals surface area (Å²) in [7, 11) is 0. The van der Waals surface area contributed by atoms with Gasteiger partial charge < -0.3 is 13.7 Å². The molecule has 0 atom stereocenters. The van der Waals surface area contributed by atoms with Crippen molar-refractivity contribution < 1.29 is 8.83 Å². The molecule has 0 aliphatic rings. The van der Waals surface area contributed by atoms with Crippen LogP contribution < -0.4 is 4.90 Å². The lowest BCUT2D eigenvalue weighted by Crippen LogP contribution is -2.09. The first-order chi connectivity index (χ1) is 27.2. The minimum absolute atomic E-state index is 0.593. The van der Waals surface area contributed by atoms with E-state index in [1.54, 1.807) is 0 Å². The molecule has 55 heavy (non-hydrogen) atoms. The molecule has 11 rings (SSSR count). The summed E-state index contributed by atoms with van der Waals surface area (Å²) in [5, 5.41) is 5.64. The van der Waals surface area contributed by atoms with Crippen molar-refractivity contribution in [2.24, 2.45) is 0 Å². The van der Waals surface area contributed by atoms with Crippen molar-refractivity contribution in [2.45, 2.75) is 0 Å². The zero-order chi connectivity index (χ0) is 36.3. The molecule has 7 nitrogen and oxygen atoms in total. The van der Waals surface area contributed by atoms with Crippen molar-refractivity contribution in [1.29, 1.82) is 0 Å². The Hall–Kier alpha value is -7.64. The predicted octanol–water partition coefficient (Wildman–Crippen LogP) is 12.7. The van der Waals surface area contributed by atoms with E-state index in [4.69, 9.17) is 23.8 Å². The molecule has 0 bridgehead atoms. The van der Waals surface area contributed by atoms with Crippen LogP contribution in [0.1, 0.15) is 0 Å². The molecule has 0 unspecified atom stereocenters. The summed E-state index contributed by atoms with van der Waals surface area (Å²) < 4.78 is 12.2. The fourth-order valence-electron chi connectivity index (χ4n) is 7.39. The molecule has 11 aromatic rings. The van der Waals surface area contributed by atoms with E-state index < -0.39 is 0 Å². The summed E-state index contributed by atoms with van der Waals surface area (Å²) in [6, 6.07) is 57.9. The molecule has 0 spiro atoms. The zero-order valence-corrected chi connectivity index (χ0v) is 29.3. The third-order valence-corrected chi connectivity index (χ3v) is 10.2. The Morgan fingerprint density at radius 2 is 0.891 bits per heavy atom. The maximum Gasteiger partial charge on any atom is 0.227 e. The maximum atomic E-state index is 6.09. The Morgan fingerprint density at radius 1 is 0.382 bits per heavy atom. The monoisotopic (exact) mass is 707 g/mol. The Kier molecular flexibility index (Phi) is 7.03. The van der Waals surface area contributed by atoms with Crippen LogP contribution in [0.4, 0.5) is 17.1 Å². The van der Waals surface area contributed by atoms with Crippen molar-refractivity contribution in [3.63, 3.8) is 0 Å². The molecule has 258 valence electrons. The van der Waals surface area contributed by atoms with E-state index >= 15 is 0 Å². The van der Waals surface area contributed by atoms with Crippen molar-refractivity contribution in [3.05, 3.63) is 176 Å². The molecule has 0 amide bonds. The molecule has 0 saturated carbocycles. The molecule has 3 aromatic heterocycles. The largest absolute Gasteiger partial charge is 0.436 e. The third-order valence-electron chi connectivity index (χ3n) is 10.2. The van der Waals surface area contributed by atoms with Crippen LogP contribution >= 0.6 is 0 Å². The van der Waals surface area contributed by atoms with Crippen molar-refractivity contribution in [3.8, 4) is 34.3 Å². The summed E-state index contributed by atoms with van der Waals surface area (Å²) in [6.45, 7) is 0. The second-order valence-electron chi connectivity index (χ2n) is 13.6. The lowest BCUT2D eigenvalue weighted by molar-refractivity contribution is 0.619. The standard InChI is InChI=1S/C48H29N5O2/c1-2-8-41-35(7-1)29-49-46(50-41)34-19-25-39-32(27-34)13-14-33-28-38(24-26-40(33)39)53(36-20-15-30(16-21-36)47-51-42-9-3-5-11-44(42)54-47)37-22-17-31(18-23-37)48-52-43-10-4-6-12-45(43)55-48/h1-29H. The molecule has 0 aliphatic heterocycles. The van der Waals surface area contributed by atoms with E-state index in [-0.39, 0.29) is 0 Å². The van der Waals surface area contributed by atoms with Gasteiger partial charge in [0.2, 0.25) is 11.8 Å². The second kappa shape index (κ2) is 12.5. The number of nitrogens with zero attached hydrogens (tertiary/aromatic N) is 5. The van der Waals surface area contributed by atoms with Gasteiger partial charge in [0.05, 0.1) is 5.52 Å². The van der Waals surface area contributed by atoms with E-state index in [2.05, 4.69) is 107 Å². The molecule has 0 fully saturated rings. The van der Waals surface area contributed by atoms with Gasteiger partial charge in [-0.05, 0) is 119 Å². The number of anilines is 3. The van der Waals surface area contributed by atoms with Crippen LogP contribution in [-0.4, -0.2) is 19.9 Å². The van der Waals surface area contributed by atoms with Crippen LogP contribution in [0.2, 0.25) is 0 Å². The SMILES string of the molecule is c1ccc2nc(-c3ccc4c(ccc5cc(N(c6ccc(-c7nc8ccccc8o7)cc6)c6ccc(-c7nc8ccccc8o7)cc6)ccc54)c3)ncc2c1. The average Bonchev–Trinajstić information content (AvgIpc) is 3.89. The van der Waals surface area contributed by atoms with E-state index in [1.165, 1.54) is 10.8 Å². The normalized spacial score (nSPS) is 11.6. The van der Waals surface area contributed by atoms with Crippen molar-refractivity contribution in [1.82, 2.24) is 19.9 Å². The minimum atomic E-state index is 0.593. The predicted molar refractivity (Wildman–Crippen MR) is 221 cm³/mol. The summed E-state index contributed by atoms with van der Waals surface area (Å²) in [5.41, 5.74) is 9.96. The minimum Gasteiger partial charge on any atom is -0.436 e. The van der Waals surface area contributed by atoms with Gasteiger partial charge in [0, 0.05) is 45.3 Å². The second-order valence-corrected chi connectivity index (χ2v) is 13.6. The van der Waals surface area contributed by atoms with Gasteiger partial charge >= 0.3 is 0 Å². The topological polar surface area (TPSA) is 81.1 Å². The quantitative estimate of drug-likeness (QED) is 0.159. The van der Waals surface area contributed by atoms with Crippen molar-refractivity contribution in [2.75, 3.05) is 4.90 Å². The van der Waals surface area contributed by atoms with Crippen molar-refractivity contribution >= 4 is 71.7 Å². The smallest absolute Gasteiger partial charge is 0.227 e. The molecule has 8 aromatic carbocycles. The van der Waals surface area contributed by atoms with Gasteiger partial charge in [-0.2, -0.15) is 0 Å². The summed E-state index contributed by atoms with van der Waals surface area (Å²) in [4.78, 5) is 21.2. The summed E-state index contributed by atoms with van der Waals surface area (Å²) in [5.74, 6) is 1.90. The lowest BCUT2D eigenvalue weighted by Gasteiger charge is -2.26. The lowest BCUT2D eigenvalue weighted by atomic mass is 9.99. The molecular weight excluding hydrogens is 679 g/mol. The number of para-hydroxylation sites is 5. The summed E-state index contributed by atoms with van der Waals surface area (Å²) >= 11 is 0. The Morgan fingerprint density at radius 3 is 1.51 bits per heavy atom. The molecule has 7 heteroatoms. The highest BCUT2D eigenvalue weighted by Gasteiger charge is 2.17. The molecular formula is C48H29N5O2. The number of rotatable bonds is 6. The van der Waals surface area contributed by atoms with Crippen LogP contribution in [0.25, 0.3) is 88.9 Å². The number of oxazole rings is 2. The van der Waals surface area contributed by atoms with E-state index in [9.17, 15) is 0 Å². The highest BCUT2D eigenvalue weighted by Crippen LogP contribution is 2.40. The summed E-state index contributed by atoms with van der Waals surface area (Å²) in [6.07, 6.45) is 1.89. The van der Waals surface area contributed by atoms with Gasteiger partial charge in [0.1, 0.15) is 11.0 Å².